The largest absolute Gasteiger partial charge is 0.434 e. The Labute approximate surface area is 174 Å². The standard InChI is InChI=1S/C16H28F3N5S.HI/c1-11(2)8-12(24(4)5)9-22-15(20-3)21-7-6-14-23-13(10-25-14)16(17,18)19;/h10-12H,6-9H2,1-5H3,(H2,20,21,22);1H. The molecule has 1 atom stereocenters. The van der Waals surface area contributed by atoms with E-state index in [2.05, 4.69) is 39.4 Å². The monoisotopic (exact) mass is 507 g/mol. The van der Waals surface area contributed by atoms with E-state index < -0.39 is 11.9 Å². The van der Waals surface area contributed by atoms with Gasteiger partial charge in [0.25, 0.3) is 0 Å². The van der Waals surface area contributed by atoms with Gasteiger partial charge in [-0.2, -0.15) is 13.2 Å². The number of alkyl halides is 3. The summed E-state index contributed by atoms with van der Waals surface area (Å²) >= 11 is 1.03. The van der Waals surface area contributed by atoms with Crippen LogP contribution in [0.3, 0.4) is 0 Å². The maximum atomic E-state index is 12.5. The normalized spacial score (nSPS) is 13.7. The molecule has 2 N–H and O–H groups in total. The van der Waals surface area contributed by atoms with Crippen molar-refractivity contribution in [1.29, 1.82) is 0 Å². The number of hydrogen-bond acceptors (Lipinski definition) is 4. The molecule has 0 spiro atoms. The van der Waals surface area contributed by atoms with E-state index in [-0.39, 0.29) is 24.0 Å². The summed E-state index contributed by atoms with van der Waals surface area (Å²) in [5, 5.41) is 7.90. The van der Waals surface area contributed by atoms with Gasteiger partial charge in [-0.1, -0.05) is 13.8 Å². The predicted molar refractivity (Wildman–Crippen MR) is 113 cm³/mol. The van der Waals surface area contributed by atoms with Gasteiger partial charge in [-0.15, -0.1) is 35.3 Å². The van der Waals surface area contributed by atoms with E-state index in [1.807, 2.05) is 14.1 Å². The van der Waals surface area contributed by atoms with Gasteiger partial charge in [-0.05, 0) is 26.4 Å². The molecule has 0 aliphatic heterocycles. The third-order valence-corrected chi connectivity index (χ3v) is 4.58. The smallest absolute Gasteiger partial charge is 0.356 e. The first-order valence-corrected chi connectivity index (χ1v) is 9.14. The highest BCUT2D eigenvalue weighted by Crippen LogP contribution is 2.29. The van der Waals surface area contributed by atoms with Gasteiger partial charge in [0.15, 0.2) is 11.7 Å². The summed E-state index contributed by atoms with van der Waals surface area (Å²) in [5.41, 5.74) is -0.822. The Hall–Kier alpha value is -0.620. The predicted octanol–water partition coefficient (Wildman–Crippen LogP) is 3.46. The molecule has 0 fully saturated rings. The molecule has 1 heterocycles. The van der Waals surface area contributed by atoms with Crippen molar-refractivity contribution in [1.82, 2.24) is 20.5 Å². The zero-order chi connectivity index (χ0) is 19.0. The molecule has 5 nitrogen and oxygen atoms in total. The molecule has 26 heavy (non-hydrogen) atoms. The lowest BCUT2D eigenvalue weighted by atomic mass is 10.0. The molecular formula is C16H29F3IN5S. The fourth-order valence-corrected chi connectivity index (χ4v) is 3.10. The number of aliphatic imine (C=N–C) groups is 1. The molecule has 0 amide bonds. The van der Waals surface area contributed by atoms with Gasteiger partial charge in [0.1, 0.15) is 0 Å². The lowest BCUT2D eigenvalue weighted by molar-refractivity contribution is -0.140. The van der Waals surface area contributed by atoms with E-state index in [1.165, 1.54) is 0 Å². The van der Waals surface area contributed by atoms with Crippen LogP contribution < -0.4 is 10.6 Å². The quantitative estimate of drug-likeness (QED) is 0.322. The summed E-state index contributed by atoms with van der Waals surface area (Å²) < 4.78 is 37.6. The zero-order valence-electron chi connectivity index (χ0n) is 15.9. The third kappa shape index (κ3) is 9.36. The van der Waals surface area contributed by atoms with E-state index in [9.17, 15) is 13.2 Å². The molecule has 0 saturated heterocycles. The first-order valence-electron chi connectivity index (χ1n) is 8.26. The lowest BCUT2D eigenvalue weighted by Crippen LogP contribution is -2.45. The highest BCUT2D eigenvalue weighted by molar-refractivity contribution is 14.0. The van der Waals surface area contributed by atoms with E-state index in [0.29, 0.717) is 35.9 Å². The molecular weight excluding hydrogens is 478 g/mol. The Morgan fingerprint density at radius 3 is 2.42 bits per heavy atom. The summed E-state index contributed by atoms with van der Waals surface area (Å²) in [4.78, 5) is 9.95. The minimum atomic E-state index is -4.38. The number of halogens is 4. The molecule has 0 bridgehead atoms. The number of guanidine groups is 1. The Balaban J connectivity index is 0.00000625. The Kier molecular flexibility index (Phi) is 11.7. The second kappa shape index (κ2) is 12.0. The fraction of sp³-hybridized carbons (Fsp3) is 0.750. The van der Waals surface area contributed by atoms with Gasteiger partial charge in [0.05, 0.1) is 5.01 Å². The van der Waals surface area contributed by atoms with Crippen molar-refractivity contribution in [2.24, 2.45) is 10.9 Å². The van der Waals surface area contributed by atoms with Crippen molar-refractivity contribution in [2.45, 2.75) is 38.9 Å². The van der Waals surface area contributed by atoms with Crippen LogP contribution in [0.4, 0.5) is 13.2 Å². The summed E-state index contributed by atoms with van der Waals surface area (Å²) in [6.07, 6.45) is -2.89. The van der Waals surface area contributed by atoms with Crippen molar-refractivity contribution in [3.63, 3.8) is 0 Å². The maximum absolute atomic E-state index is 12.5. The topological polar surface area (TPSA) is 52.6 Å². The van der Waals surface area contributed by atoms with Crippen LogP contribution in [0.15, 0.2) is 10.4 Å². The van der Waals surface area contributed by atoms with Crippen LogP contribution in [-0.2, 0) is 12.6 Å². The number of rotatable bonds is 8. The number of hydrogen-bond donors (Lipinski definition) is 2. The average Bonchev–Trinajstić information content (AvgIpc) is 2.97. The van der Waals surface area contributed by atoms with Crippen molar-refractivity contribution in [3.05, 3.63) is 16.1 Å². The highest BCUT2D eigenvalue weighted by Gasteiger charge is 2.33. The molecule has 1 aromatic rings. The zero-order valence-corrected chi connectivity index (χ0v) is 19.0. The summed E-state index contributed by atoms with van der Waals surface area (Å²) in [6, 6.07) is 0.381. The fourth-order valence-electron chi connectivity index (χ4n) is 2.30. The van der Waals surface area contributed by atoms with Gasteiger partial charge in [0, 0.05) is 38.0 Å². The van der Waals surface area contributed by atoms with Gasteiger partial charge in [0.2, 0.25) is 0 Å². The summed E-state index contributed by atoms with van der Waals surface area (Å²) in [7, 11) is 5.77. The SMILES string of the molecule is CN=C(NCCc1nc(C(F)(F)F)cs1)NCC(CC(C)C)N(C)C.I. The Bertz CT molecular complexity index is 546. The van der Waals surface area contributed by atoms with Gasteiger partial charge in [-0.25, -0.2) is 4.98 Å². The van der Waals surface area contributed by atoms with Crippen LogP contribution in [0, 0.1) is 5.92 Å². The van der Waals surface area contributed by atoms with Crippen molar-refractivity contribution in [3.8, 4) is 0 Å². The van der Waals surface area contributed by atoms with E-state index in [4.69, 9.17) is 0 Å². The Morgan fingerprint density at radius 2 is 1.96 bits per heavy atom. The molecule has 10 heteroatoms. The lowest BCUT2D eigenvalue weighted by Gasteiger charge is -2.27. The van der Waals surface area contributed by atoms with Crippen LogP contribution in [0.1, 0.15) is 31.0 Å². The molecule has 0 aromatic carbocycles. The third-order valence-electron chi connectivity index (χ3n) is 3.68. The minimum absolute atomic E-state index is 0. The maximum Gasteiger partial charge on any atom is 0.434 e. The highest BCUT2D eigenvalue weighted by atomic mass is 127. The van der Waals surface area contributed by atoms with Gasteiger partial charge < -0.3 is 15.5 Å². The van der Waals surface area contributed by atoms with Gasteiger partial charge in [-0.3, -0.25) is 4.99 Å². The molecule has 1 aromatic heterocycles. The van der Waals surface area contributed by atoms with Crippen LogP contribution >= 0.6 is 35.3 Å². The first-order chi connectivity index (χ1) is 11.6. The van der Waals surface area contributed by atoms with Crippen molar-refractivity contribution < 1.29 is 13.2 Å². The van der Waals surface area contributed by atoms with E-state index in [1.54, 1.807) is 7.05 Å². The second-order valence-corrected chi connectivity index (χ2v) is 7.44. The number of nitrogens with one attached hydrogen (secondary N) is 2. The molecule has 0 saturated carbocycles. The van der Waals surface area contributed by atoms with Crippen LogP contribution in [0.25, 0.3) is 0 Å². The summed E-state index contributed by atoms with van der Waals surface area (Å²) in [5.74, 6) is 1.24. The summed E-state index contributed by atoms with van der Waals surface area (Å²) in [6.45, 7) is 5.60. The molecule has 0 aliphatic carbocycles. The van der Waals surface area contributed by atoms with E-state index in [0.717, 1.165) is 29.7 Å². The number of nitrogens with zero attached hydrogens (tertiary/aromatic N) is 3. The first kappa shape index (κ1) is 25.4. The average molecular weight is 507 g/mol. The minimum Gasteiger partial charge on any atom is -0.356 e. The second-order valence-electron chi connectivity index (χ2n) is 6.50. The van der Waals surface area contributed by atoms with Crippen LogP contribution in [0.2, 0.25) is 0 Å². The van der Waals surface area contributed by atoms with E-state index >= 15 is 0 Å². The van der Waals surface area contributed by atoms with Crippen molar-refractivity contribution >= 4 is 41.3 Å². The number of aromatic nitrogens is 1. The molecule has 0 radical (unpaired) electrons. The Morgan fingerprint density at radius 1 is 1.31 bits per heavy atom. The van der Waals surface area contributed by atoms with Gasteiger partial charge >= 0.3 is 6.18 Å². The van der Waals surface area contributed by atoms with Crippen LogP contribution in [-0.4, -0.2) is 56.1 Å². The van der Waals surface area contributed by atoms with Crippen LogP contribution in [0.5, 0.6) is 0 Å². The molecule has 1 unspecified atom stereocenters. The number of likely N-dealkylation sites (N-methyl/N-ethyl adjacent to an activating group) is 1. The number of thiazole rings is 1. The van der Waals surface area contributed by atoms with Crippen molar-refractivity contribution in [2.75, 3.05) is 34.2 Å². The molecule has 1 rings (SSSR count). The molecule has 152 valence electrons. The molecule has 0 aliphatic rings.